The number of aromatic nitrogens is 1. The Bertz CT molecular complexity index is 559. The van der Waals surface area contributed by atoms with E-state index in [0.717, 1.165) is 11.6 Å². The molecule has 0 fully saturated rings. The van der Waals surface area contributed by atoms with E-state index in [1.54, 1.807) is 11.8 Å². The normalized spacial score (nSPS) is 11.6. The molecule has 0 saturated heterocycles. The number of nitrogens with zero attached hydrogens (tertiary/aromatic N) is 1. The highest BCUT2D eigenvalue weighted by atomic mass is 32.2. The molecule has 1 heterocycles. The summed E-state index contributed by atoms with van der Waals surface area (Å²) in [7, 11) is 0. The van der Waals surface area contributed by atoms with Crippen molar-refractivity contribution in [1.82, 2.24) is 10.3 Å². The van der Waals surface area contributed by atoms with E-state index in [1.807, 2.05) is 12.3 Å². The summed E-state index contributed by atoms with van der Waals surface area (Å²) >= 11 is 1.72. The van der Waals surface area contributed by atoms with Crippen LogP contribution in [0, 0.1) is 6.92 Å². The van der Waals surface area contributed by atoms with Gasteiger partial charge in [0.05, 0.1) is 0 Å². The van der Waals surface area contributed by atoms with Gasteiger partial charge in [0.2, 0.25) is 0 Å². The summed E-state index contributed by atoms with van der Waals surface area (Å²) in [6.07, 6.45) is 1.97. The predicted octanol–water partition coefficient (Wildman–Crippen LogP) is 4.43. The molecule has 2 nitrogen and oxygen atoms in total. The molecule has 20 heavy (non-hydrogen) atoms. The minimum atomic E-state index is 0.130. The fourth-order valence-corrected chi connectivity index (χ4v) is 2.63. The molecule has 1 N–H and O–H groups in total. The number of nitrogens with one attached hydrogen (secondary N) is 1. The van der Waals surface area contributed by atoms with Crippen LogP contribution in [-0.4, -0.2) is 10.5 Å². The zero-order valence-corrected chi connectivity index (χ0v) is 13.4. The Hall–Kier alpha value is -1.32. The first kappa shape index (κ1) is 15.1. The molecule has 1 aromatic carbocycles. The van der Waals surface area contributed by atoms with Crippen LogP contribution in [-0.2, 0) is 6.54 Å². The highest BCUT2D eigenvalue weighted by Crippen LogP contribution is 2.28. The van der Waals surface area contributed by atoms with Crippen LogP contribution in [0.2, 0.25) is 0 Å². The van der Waals surface area contributed by atoms with Crippen LogP contribution < -0.4 is 5.32 Å². The number of pyridine rings is 1. The number of rotatable bonds is 4. The van der Waals surface area contributed by atoms with E-state index in [4.69, 9.17) is 0 Å². The summed E-state index contributed by atoms with van der Waals surface area (Å²) in [5.74, 6) is 0. The number of hydrogen-bond donors (Lipinski definition) is 1. The van der Waals surface area contributed by atoms with E-state index in [-0.39, 0.29) is 5.54 Å². The Morgan fingerprint density at radius 1 is 1.15 bits per heavy atom. The Balaban J connectivity index is 2.06. The zero-order valence-electron chi connectivity index (χ0n) is 12.6. The molecule has 0 saturated carbocycles. The molecule has 0 radical (unpaired) electrons. The van der Waals surface area contributed by atoms with Crippen LogP contribution in [0.25, 0.3) is 0 Å². The fraction of sp³-hybridized carbons (Fsp3) is 0.353. The molecule has 0 amide bonds. The van der Waals surface area contributed by atoms with Gasteiger partial charge in [0, 0.05) is 23.2 Å². The maximum Gasteiger partial charge on any atom is 0.104 e. The van der Waals surface area contributed by atoms with Crippen molar-refractivity contribution in [2.75, 3.05) is 0 Å². The van der Waals surface area contributed by atoms with Crippen LogP contribution >= 0.6 is 11.8 Å². The maximum absolute atomic E-state index is 4.60. The number of aryl methyl sites for hydroxylation is 1. The Morgan fingerprint density at radius 2 is 1.85 bits per heavy atom. The van der Waals surface area contributed by atoms with Gasteiger partial charge in [0.15, 0.2) is 0 Å². The van der Waals surface area contributed by atoms with E-state index in [1.165, 1.54) is 16.0 Å². The summed E-state index contributed by atoms with van der Waals surface area (Å²) in [6.45, 7) is 9.50. The summed E-state index contributed by atoms with van der Waals surface area (Å²) < 4.78 is 0. The van der Waals surface area contributed by atoms with Gasteiger partial charge in [-0.2, -0.15) is 0 Å². The lowest BCUT2D eigenvalue weighted by atomic mass is 10.1. The lowest BCUT2D eigenvalue weighted by molar-refractivity contribution is 0.424. The minimum absolute atomic E-state index is 0.130. The van der Waals surface area contributed by atoms with E-state index in [2.05, 4.69) is 68.3 Å². The summed E-state index contributed by atoms with van der Waals surface area (Å²) in [4.78, 5) is 5.82. The molecule has 0 aliphatic rings. The molecular weight excluding hydrogens is 264 g/mol. The summed E-state index contributed by atoms with van der Waals surface area (Å²) in [6, 6.07) is 12.6. The Labute approximate surface area is 126 Å². The van der Waals surface area contributed by atoms with Crippen LogP contribution in [0.15, 0.2) is 52.5 Å². The highest BCUT2D eigenvalue weighted by Gasteiger charge is 2.09. The third-order valence-electron chi connectivity index (χ3n) is 2.87. The van der Waals surface area contributed by atoms with Crippen molar-refractivity contribution in [2.24, 2.45) is 0 Å². The van der Waals surface area contributed by atoms with Crippen LogP contribution in [0.5, 0.6) is 0 Å². The molecule has 2 aromatic rings. The predicted molar refractivity (Wildman–Crippen MR) is 86.1 cm³/mol. The molecule has 0 bridgehead atoms. The number of benzene rings is 1. The second kappa shape index (κ2) is 6.42. The second-order valence-corrected chi connectivity index (χ2v) is 7.05. The van der Waals surface area contributed by atoms with Gasteiger partial charge in [0.1, 0.15) is 5.03 Å². The van der Waals surface area contributed by atoms with Crippen molar-refractivity contribution in [3.05, 3.63) is 53.7 Å². The molecule has 0 unspecified atom stereocenters. The van der Waals surface area contributed by atoms with E-state index >= 15 is 0 Å². The third kappa shape index (κ3) is 4.66. The average molecular weight is 286 g/mol. The Morgan fingerprint density at radius 3 is 2.45 bits per heavy atom. The van der Waals surface area contributed by atoms with E-state index < -0.39 is 0 Å². The van der Waals surface area contributed by atoms with Gasteiger partial charge >= 0.3 is 0 Å². The first-order valence-corrected chi connectivity index (χ1v) is 7.69. The second-order valence-electron chi connectivity index (χ2n) is 5.98. The summed E-state index contributed by atoms with van der Waals surface area (Å²) in [5, 5.41) is 4.57. The monoisotopic (exact) mass is 286 g/mol. The van der Waals surface area contributed by atoms with Crippen LogP contribution in [0.4, 0.5) is 0 Å². The Kier molecular flexibility index (Phi) is 4.84. The van der Waals surface area contributed by atoms with Crippen LogP contribution in [0.3, 0.4) is 0 Å². The van der Waals surface area contributed by atoms with E-state index in [9.17, 15) is 0 Å². The van der Waals surface area contributed by atoms with Gasteiger partial charge in [-0.3, -0.25) is 0 Å². The van der Waals surface area contributed by atoms with Crippen molar-refractivity contribution in [3.8, 4) is 0 Å². The van der Waals surface area contributed by atoms with Gasteiger partial charge in [-0.25, -0.2) is 4.98 Å². The van der Waals surface area contributed by atoms with Gasteiger partial charge in [-0.05, 0) is 51.0 Å². The summed E-state index contributed by atoms with van der Waals surface area (Å²) in [5.41, 5.74) is 2.59. The van der Waals surface area contributed by atoms with Crippen molar-refractivity contribution >= 4 is 11.8 Å². The fourth-order valence-electron chi connectivity index (χ4n) is 1.79. The molecule has 2 rings (SSSR count). The SMILES string of the molecule is Cc1cc(CNC(C)(C)C)cnc1Sc1ccccc1. The molecular formula is C17H22N2S. The topological polar surface area (TPSA) is 24.9 Å². The van der Waals surface area contributed by atoms with E-state index in [0.29, 0.717) is 0 Å². The zero-order chi connectivity index (χ0) is 14.6. The molecule has 1 aromatic heterocycles. The van der Waals surface area contributed by atoms with Gasteiger partial charge in [0.25, 0.3) is 0 Å². The molecule has 0 aliphatic heterocycles. The third-order valence-corrected chi connectivity index (χ3v) is 4.00. The van der Waals surface area contributed by atoms with Crippen molar-refractivity contribution in [3.63, 3.8) is 0 Å². The lowest BCUT2D eigenvalue weighted by Gasteiger charge is -2.20. The van der Waals surface area contributed by atoms with Gasteiger partial charge in [-0.1, -0.05) is 36.0 Å². The average Bonchev–Trinajstić information content (AvgIpc) is 2.40. The van der Waals surface area contributed by atoms with Gasteiger partial charge in [-0.15, -0.1) is 0 Å². The first-order chi connectivity index (χ1) is 9.44. The van der Waals surface area contributed by atoms with Gasteiger partial charge < -0.3 is 5.32 Å². The molecule has 0 atom stereocenters. The maximum atomic E-state index is 4.60. The van der Waals surface area contributed by atoms with Crippen molar-refractivity contribution in [2.45, 2.75) is 49.7 Å². The lowest BCUT2D eigenvalue weighted by Crippen LogP contribution is -2.35. The quantitative estimate of drug-likeness (QED) is 0.900. The molecule has 0 spiro atoms. The molecule has 3 heteroatoms. The minimum Gasteiger partial charge on any atom is -0.308 e. The molecule has 106 valence electrons. The van der Waals surface area contributed by atoms with Crippen molar-refractivity contribution in [1.29, 1.82) is 0 Å². The van der Waals surface area contributed by atoms with Crippen molar-refractivity contribution < 1.29 is 0 Å². The smallest absolute Gasteiger partial charge is 0.104 e. The number of hydrogen-bond acceptors (Lipinski definition) is 3. The van der Waals surface area contributed by atoms with Crippen LogP contribution in [0.1, 0.15) is 31.9 Å². The largest absolute Gasteiger partial charge is 0.308 e. The molecule has 0 aliphatic carbocycles. The highest BCUT2D eigenvalue weighted by molar-refractivity contribution is 7.99. The first-order valence-electron chi connectivity index (χ1n) is 6.87. The standard InChI is InChI=1S/C17H22N2S/c1-13-10-14(12-19-17(2,3)4)11-18-16(13)20-15-8-6-5-7-9-15/h5-11,19H,12H2,1-4H3.